The van der Waals surface area contributed by atoms with Crippen molar-refractivity contribution in [2.45, 2.75) is 6.54 Å². The first kappa shape index (κ1) is 10.2. The molecule has 0 radical (unpaired) electrons. The van der Waals surface area contributed by atoms with Crippen LogP contribution in [0, 0.1) is 0 Å². The van der Waals surface area contributed by atoms with Crippen molar-refractivity contribution in [1.29, 1.82) is 0 Å². The third-order valence-electron chi connectivity index (χ3n) is 2.20. The number of rotatable bonds is 3. The highest BCUT2D eigenvalue weighted by atomic mass is 35.5. The fourth-order valence-electron chi connectivity index (χ4n) is 1.50. The second-order valence-corrected chi connectivity index (χ2v) is 3.67. The molecule has 0 bridgehead atoms. The van der Waals surface area contributed by atoms with E-state index in [0.29, 0.717) is 6.54 Å². The van der Waals surface area contributed by atoms with Gasteiger partial charge in [-0.15, -0.1) is 0 Å². The molecule has 0 aliphatic heterocycles. The molecular formula is C11H12ClN3. The Morgan fingerprint density at radius 1 is 1.20 bits per heavy atom. The van der Waals surface area contributed by atoms with Crippen molar-refractivity contribution in [3.05, 3.63) is 41.6 Å². The van der Waals surface area contributed by atoms with E-state index in [-0.39, 0.29) is 0 Å². The summed E-state index contributed by atoms with van der Waals surface area (Å²) in [5.74, 6) is 0. The summed E-state index contributed by atoms with van der Waals surface area (Å²) in [4.78, 5) is 0. The van der Waals surface area contributed by atoms with Gasteiger partial charge in [-0.25, -0.2) is 0 Å². The number of hydrogen-bond donors (Lipinski definition) is 1. The van der Waals surface area contributed by atoms with Crippen LogP contribution in [0.25, 0.3) is 11.3 Å². The summed E-state index contributed by atoms with van der Waals surface area (Å²) in [5.41, 5.74) is 7.68. The van der Waals surface area contributed by atoms with Gasteiger partial charge in [0, 0.05) is 17.8 Å². The fraction of sp³-hybridized carbons (Fsp3) is 0.182. The van der Waals surface area contributed by atoms with Gasteiger partial charge in [0.25, 0.3) is 0 Å². The second kappa shape index (κ2) is 4.47. The first-order valence-electron chi connectivity index (χ1n) is 4.79. The predicted octanol–water partition coefficient (Wildman–Crippen LogP) is 2.16. The molecule has 78 valence electrons. The Bertz CT molecular complexity index is 433. The van der Waals surface area contributed by atoms with E-state index >= 15 is 0 Å². The summed E-state index contributed by atoms with van der Waals surface area (Å²) in [6.45, 7) is 1.31. The third kappa shape index (κ3) is 2.19. The van der Waals surface area contributed by atoms with Gasteiger partial charge in [-0.05, 0) is 23.8 Å². The van der Waals surface area contributed by atoms with Crippen molar-refractivity contribution in [3.8, 4) is 11.3 Å². The SMILES string of the molecule is NCCn1nccc1-c1ccc(Cl)cc1. The lowest BCUT2D eigenvalue weighted by Crippen LogP contribution is -2.11. The normalized spacial score (nSPS) is 10.5. The molecule has 0 aliphatic carbocycles. The topological polar surface area (TPSA) is 43.8 Å². The first-order valence-corrected chi connectivity index (χ1v) is 5.17. The lowest BCUT2D eigenvalue weighted by atomic mass is 10.1. The smallest absolute Gasteiger partial charge is 0.0682 e. The minimum atomic E-state index is 0.586. The molecule has 15 heavy (non-hydrogen) atoms. The second-order valence-electron chi connectivity index (χ2n) is 3.24. The Morgan fingerprint density at radius 3 is 2.60 bits per heavy atom. The summed E-state index contributed by atoms with van der Waals surface area (Å²) >= 11 is 5.83. The number of nitrogens with zero attached hydrogens (tertiary/aromatic N) is 2. The molecule has 2 aromatic rings. The summed E-state index contributed by atoms with van der Waals surface area (Å²) in [6.07, 6.45) is 1.78. The molecule has 2 N–H and O–H groups in total. The number of aromatic nitrogens is 2. The van der Waals surface area contributed by atoms with Gasteiger partial charge in [0.15, 0.2) is 0 Å². The molecule has 0 spiro atoms. The zero-order valence-electron chi connectivity index (χ0n) is 8.23. The first-order chi connectivity index (χ1) is 7.31. The van der Waals surface area contributed by atoms with Crippen LogP contribution in [0.1, 0.15) is 0 Å². The molecular weight excluding hydrogens is 210 g/mol. The van der Waals surface area contributed by atoms with Crippen LogP contribution < -0.4 is 5.73 Å². The van der Waals surface area contributed by atoms with E-state index in [0.717, 1.165) is 22.8 Å². The molecule has 0 aliphatic rings. The van der Waals surface area contributed by atoms with Gasteiger partial charge in [-0.1, -0.05) is 23.7 Å². The van der Waals surface area contributed by atoms with Crippen LogP contribution in [-0.4, -0.2) is 16.3 Å². The standard InChI is InChI=1S/C11H12ClN3/c12-10-3-1-9(2-4-10)11-5-7-14-15(11)8-6-13/h1-5,7H,6,8,13H2. The highest BCUT2D eigenvalue weighted by Crippen LogP contribution is 2.20. The minimum Gasteiger partial charge on any atom is -0.329 e. The van der Waals surface area contributed by atoms with Gasteiger partial charge >= 0.3 is 0 Å². The van der Waals surface area contributed by atoms with Crippen molar-refractivity contribution < 1.29 is 0 Å². The number of halogens is 1. The van der Waals surface area contributed by atoms with E-state index in [4.69, 9.17) is 17.3 Å². The van der Waals surface area contributed by atoms with Crippen LogP contribution in [-0.2, 0) is 6.54 Å². The predicted molar refractivity (Wildman–Crippen MR) is 61.7 cm³/mol. The van der Waals surface area contributed by atoms with Crippen LogP contribution in [0.3, 0.4) is 0 Å². The summed E-state index contributed by atoms with van der Waals surface area (Å²) in [7, 11) is 0. The average Bonchev–Trinajstić information content (AvgIpc) is 2.68. The van der Waals surface area contributed by atoms with Crippen LogP contribution in [0.4, 0.5) is 0 Å². The Morgan fingerprint density at radius 2 is 1.93 bits per heavy atom. The molecule has 1 aromatic heterocycles. The Balaban J connectivity index is 2.36. The molecule has 3 nitrogen and oxygen atoms in total. The molecule has 0 amide bonds. The van der Waals surface area contributed by atoms with Crippen molar-refractivity contribution >= 4 is 11.6 Å². The Kier molecular flexibility index (Phi) is 3.04. The summed E-state index contributed by atoms with van der Waals surface area (Å²) in [5, 5.41) is 4.95. The van der Waals surface area contributed by atoms with Crippen molar-refractivity contribution in [3.63, 3.8) is 0 Å². The van der Waals surface area contributed by atoms with E-state index in [1.807, 2.05) is 35.0 Å². The van der Waals surface area contributed by atoms with E-state index in [1.54, 1.807) is 6.20 Å². The molecule has 1 aromatic carbocycles. The quantitative estimate of drug-likeness (QED) is 0.863. The molecule has 0 fully saturated rings. The summed E-state index contributed by atoms with van der Waals surface area (Å²) < 4.78 is 1.89. The molecule has 0 atom stereocenters. The van der Waals surface area contributed by atoms with Gasteiger partial charge in [0.05, 0.1) is 12.2 Å². The van der Waals surface area contributed by atoms with Crippen LogP contribution in [0.5, 0.6) is 0 Å². The zero-order valence-corrected chi connectivity index (χ0v) is 8.98. The largest absolute Gasteiger partial charge is 0.329 e. The highest BCUT2D eigenvalue weighted by Gasteiger charge is 2.03. The summed E-state index contributed by atoms with van der Waals surface area (Å²) in [6, 6.07) is 9.67. The molecule has 2 rings (SSSR count). The van der Waals surface area contributed by atoms with Gasteiger partial charge < -0.3 is 5.73 Å². The maximum Gasteiger partial charge on any atom is 0.0682 e. The number of benzene rings is 1. The molecule has 4 heteroatoms. The van der Waals surface area contributed by atoms with Gasteiger partial charge in [-0.3, -0.25) is 4.68 Å². The minimum absolute atomic E-state index is 0.586. The molecule has 1 heterocycles. The average molecular weight is 222 g/mol. The van der Waals surface area contributed by atoms with Gasteiger partial charge in [-0.2, -0.15) is 5.10 Å². The number of nitrogens with two attached hydrogens (primary N) is 1. The maximum absolute atomic E-state index is 5.83. The molecule has 0 unspecified atom stereocenters. The van der Waals surface area contributed by atoms with Gasteiger partial charge in [0.1, 0.15) is 0 Å². The Labute approximate surface area is 93.5 Å². The maximum atomic E-state index is 5.83. The molecule has 0 saturated heterocycles. The highest BCUT2D eigenvalue weighted by molar-refractivity contribution is 6.30. The zero-order chi connectivity index (χ0) is 10.7. The van der Waals surface area contributed by atoms with Crippen molar-refractivity contribution in [2.75, 3.05) is 6.54 Å². The van der Waals surface area contributed by atoms with E-state index in [2.05, 4.69) is 5.10 Å². The van der Waals surface area contributed by atoms with E-state index in [9.17, 15) is 0 Å². The van der Waals surface area contributed by atoms with Crippen LogP contribution in [0.15, 0.2) is 36.5 Å². The third-order valence-corrected chi connectivity index (χ3v) is 2.45. The Hall–Kier alpha value is -1.32. The van der Waals surface area contributed by atoms with Crippen molar-refractivity contribution in [1.82, 2.24) is 9.78 Å². The van der Waals surface area contributed by atoms with Crippen LogP contribution in [0.2, 0.25) is 5.02 Å². The lowest BCUT2D eigenvalue weighted by Gasteiger charge is -2.05. The monoisotopic (exact) mass is 221 g/mol. The number of hydrogen-bond acceptors (Lipinski definition) is 2. The van der Waals surface area contributed by atoms with Crippen LogP contribution >= 0.6 is 11.6 Å². The van der Waals surface area contributed by atoms with Gasteiger partial charge in [0.2, 0.25) is 0 Å². The van der Waals surface area contributed by atoms with E-state index < -0.39 is 0 Å². The molecule has 0 saturated carbocycles. The van der Waals surface area contributed by atoms with E-state index in [1.165, 1.54) is 0 Å². The van der Waals surface area contributed by atoms with Crippen molar-refractivity contribution in [2.24, 2.45) is 5.73 Å². The lowest BCUT2D eigenvalue weighted by molar-refractivity contribution is 0.631. The fourth-order valence-corrected chi connectivity index (χ4v) is 1.63.